The zero-order chi connectivity index (χ0) is 23.1. The molecule has 0 saturated heterocycles. The van der Waals surface area contributed by atoms with Crippen molar-refractivity contribution in [3.05, 3.63) is 53.1 Å². The Balaban J connectivity index is 1.75. The van der Waals surface area contributed by atoms with Crippen molar-refractivity contribution in [1.82, 2.24) is 4.57 Å². The number of aromatic nitrogens is 1. The van der Waals surface area contributed by atoms with Crippen LogP contribution in [0.25, 0.3) is 10.2 Å². The first-order valence-corrected chi connectivity index (χ1v) is 13.8. The minimum Gasteiger partial charge on any atom is -0.380 e. The Kier molecular flexibility index (Phi) is 8.64. The van der Waals surface area contributed by atoms with Crippen LogP contribution < -0.4 is 4.80 Å². The van der Waals surface area contributed by atoms with E-state index in [1.165, 1.54) is 29.7 Å². The molecular weight excluding hydrogens is 471 g/mol. The summed E-state index contributed by atoms with van der Waals surface area (Å²) in [7, 11) is -3.33. The summed E-state index contributed by atoms with van der Waals surface area (Å²) >= 11 is 2.86. The summed E-state index contributed by atoms with van der Waals surface area (Å²) in [6.07, 6.45) is 2.11. The Hall–Kier alpha value is -2.01. The highest BCUT2D eigenvalue weighted by Gasteiger charge is 2.13. The minimum absolute atomic E-state index is 0.232. The molecule has 3 rings (SSSR count). The fraction of sp³-hybridized carbons (Fsp3) is 0.364. The minimum atomic E-state index is -3.33. The van der Waals surface area contributed by atoms with Crippen molar-refractivity contribution in [3.63, 3.8) is 0 Å². The number of carbonyl (C=O) groups is 1. The van der Waals surface area contributed by atoms with Gasteiger partial charge in [0.25, 0.3) is 0 Å². The number of sulfone groups is 1. The first kappa shape index (κ1) is 24.6. The van der Waals surface area contributed by atoms with E-state index in [2.05, 4.69) is 4.99 Å². The second kappa shape index (κ2) is 11.2. The largest absolute Gasteiger partial charge is 0.380 e. The Bertz CT molecular complexity index is 1250. The van der Waals surface area contributed by atoms with E-state index in [9.17, 15) is 17.6 Å². The summed E-state index contributed by atoms with van der Waals surface area (Å²) < 4.78 is 44.9. The van der Waals surface area contributed by atoms with Gasteiger partial charge in [-0.1, -0.05) is 11.3 Å². The Morgan fingerprint density at radius 1 is 1.22 bits per heavy atom. The second-order valence-electron chi connectivity index (χ2n) is 7.05. The van der Waals surface area contributed by atoms with Gasteiger partial charge in [-0.05, 0) is 61.6 Å². The number of ether oxygens (including phenoxy) is 1. The van der Waals surface area contributed by atoms with Gasteiger partial charge in [0.15, 0.2) is 14.6 Å². The highest BCUT2D eigenvalue weighted by Crippen LogP contribution is 2.22. The van der Waals surface area contributed by atoms with Crippen LogP contribution in [0.2, 0.25) is 0 Å². The molecule has 0 unspecified atom stereocenters. The normalized spacial score (nSPS) is 12.5. The average molecular weight is 497 g/mol. The number of fused-ring (bicyclic) bond motifs is 1. The smallest absolute Gasteiger partial charge is 0.248 e. The Morgan fingerprint density at radius 2 is 1.97 bits per heavy atom. The van der Waals surface area contributed by atoms with E-state index < -0.39 is 9.84 Å². The molecule has 1 aromatic heterocycles. The molecule has 10 heteroatoms. The third-order valence-corrected chi connectivity index (χ3v) is 7.83. The van der Waals surface area contributed by atoms with Gasteiger partial charge in [0, 0.05) is 30.7 Å². The number of rotatable bonds is 10. The predicted molar refractivity (Wildman–Crippen MR) is 126 cm³/mol. The molecule has 0 fully saturated rings. The Morgan fingerprint density at radius 3 is 2.66 bits per heavy atom. The number of hydrogen-bond acceptors (Lipinski definition) is 6. The van der Waals surface area contributed by atoms with Crippen LogP contribution in [0.4, 0.5) is 4.39 Å². The van der Waals surface area contributed by atoms with E-state index in [4.69, 9.17) is 4.74 Å². The van der Waals surface area contributed by atoms with Crippen molar-refractivity contribution in [2.24, 2.45) is 4.99 Å². The summed E-state index contributed by atoms with van der Waals surface area (Å²) in [5.41, 5.74) is 0.820. The third-order valence-electron chi connectivity index (χ3n) is 4.58. The summed E-state index contributed by atoms with van der Waals surface area (Å²) in [5, 5.41) is 0. The lowest BCUT2D eigenvalue weighted by Gasteiger charge is -2.06. The van der Waals surface area contributed by atoms with Crippen molar-refractivity contribution >= 4 is 49.1 Å². The van der Waals surface area contributed by atoms with Crippen molar-refractivity contribution in [2.45, 2.75) is 36.1 Å². The van der Waals surface area contributed by atoms with Crippen molar-refractivity contribution in [1.29, 1.82) is 0 Å². The second-order valence-corrected chi connectivity index (χ2v) is 11.2. The SMILES string of the molecule is CCOCCn1c(=NC(=O)CCCSc2ccc(F)cc2)sc2cc(S(C)(=O)=O)ccc21. The van der Waals surface area contributed by atoms with E-state index in [0.717, 1.165) is 20.9 Å². The maximum atomic E-state index is 13.0. The number of hydrogen-bond donors (Lipinski definition) is 0. The zero-order valence-corrected chi connectivity index (χ0v) is 20.4. The molecule has 1 heterocycles. The van der Waals surface area contributed by atoms with Gasteiger partial charge in [0.1, 0.15) is 5.82 Å². The highest BCUT2D eigenvalue weighted by atomic mass is 32.2. The van der Waals surface area contributed by atoms with Gasteiger partial charge in [-0.2, -0.15) is 4.99 Å². The van der Waals surface area contributed by atoms with Crippen molar-refractivity contribution in [3.8, 4) is 0 Å². The van der Waals surface area contributed by atoms with Gasteiger partial charge in [-0.3, -0.25) is 4.79 Å². The monoisotopic (exact) mass is 496 g/mol. The van der Waals surface area contributed by atoms with Crippen molar-refractivity contribution in [2.75, 3.05) is 25.2 Å². The van der Waals surface area contributed by atoms with Gasteiger partial charge in [0.05, 0.1) is 21.7 Å². The first-order valence-electron chi connectivity index (χ1n) is 10.1. The number of thiazole rings is 1. The van der Waals surface area contributed by atoms with Gasteiger partial charge in [0.2, 0.25) is 5.91 Å². The first-order chi connectivity index (χ1) is 15.3. The van der Waals surface area contributed by atoms with Gasteiger partial charge in [-0.25, -0.2) is 12.8 Å². The molecule has 0 aliphatic heterocycles. The molecule has 1 amide bonds. The van der Waals surface area contributed by atoms with E-state index >= 15 is 0 Å². The number of amides is 1. The van der Waals surface area contributed by atoms with Crippen LogP contribution >= 0.6 is 23.1 Å². The molecule has 6 nitrogen and oxygen atoms in total. The molecule has 0 aliphatic carbocycles. The maximum absolute atomic E-state index is 13.0. The van der Waals surface area contributed by atoms with Crippen LogP contribution in [0.3, 0.4) is 0 Å². The van der Waals surface area contributed by atoms with Crippen LogP contribution in [0.15, 0.2) is 57.2 Å². The zero-order valence-electron chi connectivity index (χ0n) is 17.9. The molecule has 0 saturated carbocycles. The molecule has 0 spiro atoms. The van der Waals surface area contributed by atoms with Crippen LogP contribution in [-0.2, 0) is 25.9 Å². The van der Waals surface area contributed by atoms with Crippen LogP contribution in [0, 0.1) is 5.82 Å². The molecule has 0 N–H and O–H groups in total. The molecule has 0 atom stereocenters. The highest BCUT2D eigenvalue weighted by molar-refractivity contribution is 7.99. The van der Waals surface area contributed by atoms with Gasteiger partial charge < -0.3 is 9.30 Å². The number of nitrogens with zero attached hydrogens (tertiary/aromatic N) is 2. The van der Waals surface area contributed by atoms with E-state index in [-0.39, 0.29) is 16.6 Å². The summed E-state index contributed by atoms with van der Waals surface area (Å²) in [6.45, 7) is 3.47. The molecular formula is C22H25FN2O4S3. The number of benzene rings is 2. The van der Waals surface area contributed by atoms with Crippen LogP contribution in [0.1, 0.15) is 19.8 Å². The lowest BCUT2D eigenvalue weighted by Crippen LogP contribution is -2.19. The average Bonchev–Trinajstić information content (AvgIpc) is 3.08. The topological polar surface area (TPSA) is 77.7 Å². The number of thioether (sulfide) groups is 1. The fourth-order valence-corrected chi connectivity index (χ4v) is 5.68. The number of halogens is 1. The standard InChI is InChI=1S/C22H25FN2O4S3/c1-3-29-13-12-25-19-11-10-18(32(2,27)28)15-20(19)31-22(25)24-21(26)5-4-14-30-17-8-6-16(23)7-9-17/h6-11,15H,3-5,12-14H2,1-2H3. The molecule has 32 heavy (non-hydrogen) atoms. The van der Waals surface area contributed by atoms with Gasteiger partial charge >= 0.3 is 0 Å². The summed E-state index contributed by atoms with van der Waals surface area (Å²) in [5.74, 6) is 0.221. The summed E-state index contributed by atoms with van der Waals surface area (Å²) in [6, 6.07) is 11.2. The van der Waals surface area contributed by atoms with Gasteiger partial charge in [-0.15, -0.1) is 11.8 Å². The molecule has 3 aromatic rings. The van der Waals surface area contributed by atoms with E-state index in [1.54, 1.807) is 42.1 Å². The van der Waals surface area contributed by atoms with Crippen molar-refractivity contribution < 1.29 is 22.3 Å². The van der Waals surface area contributed by atoms with Crippen LogP contribution in [0.5, 0.6) is 0 Å². The lowest BCUT2D eigenvalue weighted by atomic mass is 10.3. The molecule has 0 radical (unpaired) electrons. The Labute approximate surface area is 195 Å². The predicted octanol–water partition coefficient (Wildman–Crippen LogP) is 4.28. The molecule has 0 aliphatic rings. The quantitative estimate of drug-likeness (QED) is 0.309. The van der Waals surface area contributed by atoms with Crippen LogP contribution in [-0.4, -0.2) is 44.1 Å². The summed E-state index contributed by atoms with van der Waals surface area (Å²) in [4.78, 5) is 18.5. The van der Waals surface area contributed by atoms with E-state index in [1.807, 2.05) is 11.5 Å². The maximum Gasteiger partial charge on any atom is 0.248 e. The third kappa shape index (κ3) is 6.74. The lowest BCUT2D eigenvalue weighted by molar-refractivity contribution is -0.118. The fourth-order valence-electron chi connectivity index (χ4n) is 2.99. The molecule has 2 aromatic carbocycles. The molecule has 172 valence electrons. The number of carbonyl (C=O) groups excluding carboxylic acids is 1. The van der Waals surface area contributed by atoms with E-state index in [0.29, 0.717) is 37.4 Å². The molecule has 0 bridgehead atoms.